The summed E-state index contributed by atoms with van der Waals surface area (Å²) >= 11 is 0. The van der Waals surface area contributed by atoms with Crippen LogP contribution in [0.5, 0.6) is 0 Å². The Morgan fingerprint density at radius 1 is 1.24 bits per heavy atom. The third-order valence-corrected chi connectivity index (χ3v) is 2.01. The summed E-state index contributed by atoms with van der Waals surface area (Å²) in [4.78, 5) is 15.6. The smallest absolute Gasteiger partial charge is 0.322 e. The van der Waals surface area contributed by atoms with Crippen LogP contribution in [-0.2, 0) is 14.4 Å². The molecule has 0 aliphatic heterocycles. The van der Waals surface area contributed by atoms with Crippen LogP contribution < -0.4 is 11.5 Å². The Hall–Kier alpha value is -0.770. The summed E-state index contributed by atoms with van der Waals surface area (Å²) in [6.45, 7) is 0.734. The van der Waals surface area contributed by atoms with E-state index in [4.69, 9.17) is 26.6 Å². The Bertz CT molecular complexity index is 203. The van der Waals surface area contributed by atoms with E-state index in [0.717, 1.165) is 12.8 Å². The molecule has 0 aliphatic carbocycles. The fraction of sp³-hybridized carbons (Fsp3) is 0.889. The second-order valence-electron chi connectivity index (χ2n) is 3.50. The first-order valence-corrected chi connectivity index (χ1v) is 5.51. The van der Waals surface area contributed by atoms with Crippen LogP contribution in [-0.4, -0.2) is 47.6 Å². The molecular weight excluding hydrogens is 230 g/mol. The fourth-order valence-corrected chi connectivity index (χ4v) is 1.11. The molecular formula is C9H21N3O5. The molecule has 1 atom stereocenters. The molecule has 0 amide bonds. The minimum absolute atomic E-state index is 0.0304. The van der Waals surface area contributed by atoms with Crippen LogP contribution in [0.3, 0.4) is 0 Å². The Balaban J connectivity index is 3.44. The van der Waals surface area contributed by atoms with Gasteiger partial charge in [-0.1, -0.05) is 6.42 Å². The van der Waals surface area contributed by atoms with E-state index >= 15 is 0 Å². The van der Waals surface area contributed by atoms with Gasteiger partial charge in [0, 0.05) is 6.42 Å². The normalized spacial score (nSPS) is 12.8. The molecule has 0 saturated carbocycles. The lowest BCUT2D eigenvalue weighted by Crippen LogP contribution is -2.32. The average molecular weight is 251 g/mol. The van der Waals surface area contributed by atoms with Crippen molar-refractivity contribution in [3.05, 3.63) is 0 Å². The predicted molar refractivity (Wildman–Crippen MR) is 57.8 cm³/mol. The standard InChI is InChI=1S/C9H21N3O5/c10-5-2-1-4-8(11)9(13)16-6-3-7-17-12(14)15/h8,14-15H,1-7,10-11H2. The summed E-state index contributed by atoms with van der Waals surface area (Å²) in [6, 6.07) is -0.630. The molecule has 1 unspecified atom stereocenters. The molecule has 8 heteroatoms. The number of esters is 1. The topological polar surface area (TPSA) is 131 Å². The number of nitrogens with two attached hydrogens (primary N) is 2. The van der Waals surface area contributed by atoms with Crippen molar-refractivity contribution in [3.63, 3.8) is 0 Å². The second-order valence-corrected chi connectivity index (χ2v) is 3.50. The van der Waals surface area contributed by atoms with Gasteiger partial charge in [-0.25, -0.2) is 0 Å². The molecule has 6 N–H and O–H groups in total. The Morgan fingerprint density at radius 2 is 1.94 bits per heavy atom. The lowest BCUT2D eigenvalue weighted by molar-refractivity contribution is -0.492. The van der Waals surface area contributed by atoms with Crippen molar-refractivity contribution in [2.45, 2.75) is 31.7 Å². The maximum atomic E-state index is 11.3. The molecule has 0 aromatic carbocycles. The van der Waals surface area contributed by atoms with Crippen molar-refractivity contribution in [2.75, 3.05) is 19.8 Å². The zero-order valence-corrected chi connectivity index (χ0v) is 9.75. The number of carbonyl (C=O) groups excluding carboxylic acids is 1. The van der Waals surface area contributed by atoms with E-state index in [1.165, 1.54) is 0 Å². The van der Waals surface area contributed by atoms with Gasteiger partial charge in [0.2, 0.25) is 0 Å². The number of hydrogen-bond donors (Lipinski definition) is 4. The van der Waals surface area contributed by atoms with Crippen molar-refractivity contribution >= 4 is 5.97 Å². The summed E-state index contributed by atoms with van der Waals surface area (Å²) in [5.74, 6) is -0.466. The molecule has 0 radical (unpaired) electrons. The maximum absolute atomic E-state index is 11.3. The summed E-state index contributed by atoms with van der Waals surface area (Å²) in [6.07, 6.45) is 2.52. The summed E-state index contributed by atoms with van der Waals surface area (Å²) in [5, 5.41) is 16.0. The largest absolute Gasteiger partial charge is 0.464 e. The molecule has 0 aromatic rings. The lowest BCUT2D eigenvalue weighted by Gasteiger charge is -2.11. The highest BCUT2D eigenvalue weighted by molar-refractivity contribution is 5.75. The highest BCUT2D eigenvalue weighted by atomic mass is 17.1. The van der Waals surface area contributed by atoms with Crippen LogP contribution in [0.4, 0.5) is 0 Å². The zero-order chi connectivity index (χ0) is 13.1. The van der Waals surface area contributed by atoms with Crippen molar-refractivity contribution in [1.82, 2.24) is 5.39 Å². The van der Waals surface area contributed by atoms with Gasteiger partial charge in [0.15, 0.2) is 0 Å². The van der Waals surface area contributed by atoms with Gasteiger partial charge >= 0.3 is 5.97 Å². The number of carbonyl (C=O) groups is 1. The highest BCUT2D eigenvalue weighted by Gasteiger charge is 2.13. The van der Waals surface area contributed by atoms with Crippen LogP contribution in [0.15, 0.2) is 0 Å². The van der Waals surface area contributed by atoms with Crippen LogP contribution in [0, 0.1) is 0 Å². The minimum atomic E-state index is -0.630. The summed E-state index contributed by atoms with van der Waals surface area (Å²) < 4.78 is 4.86. The van der Waals surface area contributed by atoms with Gasteiger partial charge < -0.3 is 16.2 Å². The molecule has 8 nitrogen and oxygen atoms in total. The van der Waals surface area contributed by atoms with E-state index in [9.17, 15) is 4.79 Å². The fourth-order valence-electron chi connectivity index (χ4n) is 1.11. The SMILES string of the molecule is NCCCCC(N)C(=O)OCCCON(O)O. The van der Waals surface area contributed by atoms with Crippen LogP contribution in [0.25, 0.3) is 0 Å². The molecule has 0 spiro atoms. The highest BCUT2D eigenvalue weighted by Crippen LogP contribution is 2.00. The maximum Gasteiger partial charge on any atom is 0.322 e. The number of nitrogens with zero attached hydrogens (tertiary/aromatic N) is 1. The zero-order valence-electron chi connectivity index (χ0n) is 9.75. The first-order chi connectivity index (χ1) is 8.07. The molecule has 0 aliphatic rings. The molecule has 0 heterocycles. The van der Waals surface area contributed by atoms with Crippen LogP contribution in [0.1, 0.15) is 25.7 Å². The van der Waals surface area contributed by atoms with Gasteiger partial charge in [0.25, 0.3) is 0 Å². The Labute approximate surface area is 99.9 Å². The van der Waals surface area contributed by atoms with Gasteiger partial charge in [-0.2, -0.15) is 0 Å². The van der Waals surface area contributed by atoms with Crippen molar-refractivity contribution in [2.24, 2.45) is 11.5 Å². The van der Waals surface area contributed by atoms with E-state index in [1.54, 1.807) is 0 Å². The van der Waals surface area contributed by atoms with Crippen molar-refractivity contribution < 1.29 is 24.8 Å². The number of ether oxygens (including phenoxy) is 1. The van der Waals surface area contributed by atoms with Crippen LogP contribution >= 0.6 is 0 Å². The van der Waals surface area contributed by atoms with Crippen molar-refractivity contribution in [3.8, 4) is 0 Å². The monoisotopic (exact) mass is 251 g/mol. The molecule has 0 aromatic heterocycles. The minimum Gasteiger partial charge on any atom is -0.464 e. The van der Waals surface area contributed by atoms with Gasteiger partial charge in [-0.05, 0) is 19.4 Å². The van der Waals surface area contributed by atoms with Gasteiger partial charge in [0.05, 0.1) is 18.6 Å². The van der Waals surface area contributed by atoms with E-state index in [-0.39, 0.29) is 18.6 Å². The van der Waals surface area contributed by atoms with Crippen LogP contribution in [0.2, 0.25) is 0 Å². The first-order valence-electron chi connectivity index (χ1n) is 5.51. The summed E-state index contributed by atoms with van der Waals surface area (Å²) in [5.41, 5.74) is 10.9. The lowest BCUT2D eigenvalue weighted by atomic mass is 10.1. The van der Waals surface area contributed by atoms with Gasteiger partial charge in [-0.3, -0.25) is 20.0 Å². The number of unbranched alkanes of at least 4 members (excludes halogenated alkanes) is 1. The Morgan fingerprint density at radius 3 is 2.53 bits per heavy atom. The van der Waals surface area contributed by atoms with E-state index < -0.39 is 12.0 Å². The van der Waals surface area contributed by atoms with E-state index in [2.05, 4.69) is 4.84 Å². The average Bonchev–Trinajstić information content (AvgIpc) is 2.28. The number of rotatable bonds is 10. The number of hydrogen-bond acceptors (Lipinski definition) is 8. The van der Waals surface area contributed by atoms with Gasteiger partial charge in [-0.15, -0.1) is 0 Å². The molecule has 0 saturated heterocycles. The quantitative estimate of drug-likeness (QED) is 0.230. The second kappa shape index (κ2) is 10.4. The third-order valence-electron chi connectivity index (χ3n) is 2.01. The first kappa shape index (κ1) is 16.2. The molecule has 17 heavy (non-hydrogen) atoms. The Kier molecular flexibility index (Phi) is 9.92. The van der Waals surface area contributed by atoms with Gasteiger partial charge in [0.1, 0.15) is 6.04 Å². The van der Waals surface area contributed by atoms with E-state index in [0.29, 0.717) is 19.4 Å². The molecule has 102 valence electrons. The third kappa shape index (κ3) is 10.1. The predicted octanol–water partition coefficient (Wildman–Crippen LogP) is -0.612. The molecule has 0 fully saturated rings. The molecule has 0 rings (SSSR count). The summed E-state index contributed by atoms with van der Waals surface area (Å²) in [7, 11) is 0. The van der Waals surface area contributed by atoms with Crippen molar-refractivity contribution in [1.29, 1.82) is 0 Å². The van der Waals surface area contributed by atoms with E-state index in [1.807, 2.05) is 0 Å². The molecule has 0 bridgehead atoms.